The number of hydrogen-bond acceptors (Lipinski definition) is 3. The van der Waals surface area contributed by atoms with Crippen molar-refractivity contribution in [3.63, 3.8) is 0 Å². The van der Waals surface area contributed by atoms with Gasteiger partial charge < -0.3 is 10.8 Å². The van der Waals surface area contributed by atoms with Crippen molar-refractivity contribution in [3.05, 3.63) is 11.6 Å². The van der Waals surface area contributed by atoms with Gasteiger partial charge in [0.15, 0.2) is 0 Å². The lowest BCUT2D eigenvalue weighted by Crippen LogP contribution is -2.36. The average molecular weight is 257 g/mol. The Morgan fingerprint density at radius 2 is 2.35 bits per heavy atom. The maximum absolute atomic E-state index is 10.7. The third kappa shape index (κ3) is 4.36. The molecule has 0 aromatic rings. The fourth-order valence-electron chi connectivity index (χ4n) is 2.09. The lowest BCUT2D eigenvalue weighted by molar-refractivity contribution is -0.137. The monoisotopic (exact) mass is 257 g/mol. The Kier molecular flexibility index (Phi) is 5.07. The third-order valence-electron chi connectivity index (χ3n) is 3.57. The summed E-state index contributed by atoms with van der Waals surface area (Å²) in [6.07, 6.45) is 5.78. The van der Waals surface area contributed by atoms with E-state index in [1.165, 1.54) is 18.4 Å². The third-order valence-corrected chi connectivity index (χ3v) is 5.18. The molecule has 0 spiro atoms. The van der Waals surface area contributed by atoms with E-state index in [0.717, 1.165) is 6.42 Å². The minimum atomic E-state index is -0.910. The predicted molar refractivity (Wildman–Crippen MR) is 73.2 cm³/mol. The van der Waals surface area contributed by atoms with Crippen LogP contribution in [0.3, 0.4) is 0 Å². The first kappa shape index (κ1) is 14.6. The van der Waals surface area contributed by atoms with Crippen LogP contribution in [0.15, 0.2) is 11.6 Å². The van der Waals surface area contributed by atoms with E-state index >= 15 is 0 Å². The second kappa shape index (κ2) is 5.91. The first-order valence-corrected chi connectivity index (χ1v) is 7.09. The van der Waals surface area contributed by atoms with E-state index in [2.05, 4.69) is 26.8 Å². The van der Waals surface area contributed by atoms with Crippen molar-refractivity contribution in [3.8, 4) is 0 Å². The van der Waals surface area contributed by atoms with Crippen molar-refractivity contribution in [2.45, 2.75) is 50.8 Å². The summed E-state index contributed by atoms with van der Waals surface area (Å²) in [7, 11) is 0. The van der Waals surface area contributed by atoms with Crippen molar-refractivity contribution in [2.24, 2.45) is 11.7 Å². The van der Waals surface area contributed by atoms with Crippen LogP contribution < -0.4 is 5.73 Å². The minimum absolute atomic E-state index is 0.101. The number of carbonyl (C=O) groups is 1. The van der Waals surface area contributed by atoms with E-state index < -0.39 is 12.0 Å². The van der Waals surface area contributed by atoms with Gasteiger partial charge in [0.2, 0.25) is 0 Å². The molecular formula is C13H23NO2S. The van der Waals surface area contributed by atoms with Crippen molar-refractivity contribution >= 4 is 17.7 Å². The van der Waals surface area contributed by atoms with Crippen LogP contribution in [0, 0.1) is 5.92 Å². The number of aliphatic carboxylic acids is 1. The summed E-state index contributed by atoms with van der Waals surface area (Å²) in [4.78, 5) is 10.7. The lowest BCUT2D eigenvalue weighted by Gasteiger charge is -2.36. The van der Waals surface area contributed by atoms with E-state index in [0.29, 0.717) is 11.7 Å². The highest BCUT2D eigenvalue weighted by Crippen LogP contribution is 2.40. The molecule has 4 heteroatoms. The molecule has 0 aromatic carbocycles. The Labute approximate surface area is 108 Å². The van der Waals surface area contributed by atoms with Gasteiger partial charge in [-0.1, -0.05) is 25.5 Å². The van der Waals surface area contributed by atoms with Crippen LogP contribution >= 0.6 is 11.8 Å². The Hall–Kier alpha value is -0.480. The fraction of sp³-hybridized carbons (Fsp3) is 0.769. The Bertz CT molecular complexity index is 313. The van der Waals surface area contributed by atoms with Gasteiger partial charge >= 0.3 is 5.97 Å². The minimum Gasteiger partial charge on any atom is -0.480 e. The lowest BCUT2D eigenvalue weighted by atomic mass is 9.82. The molecule has 3 N–H and O–H groups in total. The van der Waals surface area contributed by atoms with Gasteiger partial charge in [-0.15, -0.1) is 0 Å². The summed E-state index contributed by atoms with van der Waals surface area (Å²) in [6, 6.07) is -0.750. The van der Waals surface area contributed by atoms with Crippen molar-refractivity contribution in [1.82, 2.24) is 0 Å². The SMILES string of the molecule is CC1=CCC(C(C)(C)SC[C@H](N)C(=O)O)CC1. The smallest absolute Gasteiger partial charge is 0.321 e. The van der Waals surface area contributed by atoms with Crippen LogP contribution in [-0.2, 0) is 4.79 Å². The number of carboxylic acid groups (broad SMARTS) is 1. The molecule has 98 valence electrons. The van der Waals surface area contributed by atoms with E-state index in [4.69, 9.17) is 10.8 Å². The molecule has 0 heterocycles. The maximum Gasteiger partial charge on any atom is 0.321 e. The quantitative estimate of drug-likeness (QED) is 0.743. The van der Waals surface area contributed by atoms with E-state index in [1.54, 1.807) is 11.8 Å². The summed E-state index contributed by atoms with van der Waals surface area (Å²) in [6.45, 7) is 6.58. The molecule has 2 atom stereocenters. The summed E-state index contributed by atoms with van der Waals surface area (Å²) in [5, 5.41) is 8.78. The van der Waals surface area contributed by atoms with Crippen molar-refractivity contribution in [1.29, 1.82) is 0 Å². The number of allylic oxidation sites excluding steroid dienone is 2. The van der Waals surface area contributed by atoms with Gasteiger partial charge in [-0.3, -0.25) is 4.79 Å². The van der Waals surface area contributed by atoms with Crippen molar-refractivity contribution < 1.29 is 9.90 Å². The largest absolute Gasteiger partial charge is 0.480 e. The van der Waals surface area contributed by atoms with E-state index in [1.807, 2.05) is 0 Å². The zero-order chi connectivity index (χ0) is 13.1. The average Bonchev–Trinajstić information content (AvgIpc) is 2.26. The van der Waals surface area contributed by atoms with Gasteiger partial charge in [0.25, 0.3) is 0 Å². The van der Waals surface area contributed by atoms with Crippen LogP contribution in [0.5, 0.6) is 0 Å². The molecular weight excluding hydrogens is 234 g/mol. The van der Waals surface area contributed by atoms with E-state index in [-0.39, 0.29) is 4.75 Å². The number of hydrogen-bond donors (Lipinski definition) is 2. The molecule has 0 aromatic heterocycles. The zero-order valence-electron chi connectivity index (χ0n) is 10.9. The standard InChI is InChI=1S/C13H23NO2S/c1-9-4-6-10(7-5-9)13(2,3)17-8-11(14)12(15)16/h4,10-11H,5-8,14H2,1-3H3,(H,15,16)/t10?,11-/m0/s1. The Morgan fingerprint density at radius 1 is 1.71 bits per heavy atom. The first-order chi connectivity index (χ1) is 7.83. The van der Waals surface area contributed by atoms with Gasteiger partial charge in [0.05, 0.1) is 0 Å². The van der Waals surface area contributed by atoms with Crippen LogP contribution in [0.2, 0.25) is 0 Å². The normalized spacial score (nSPS) is 23.1. The molecule has 1 rings (SSSR count). The molecule has 0 aliphatic heterocycles. The predicted octanol–water partition coefficient (Wildman–Crippen LogP) is 2.66. The molecule has 0 amide bonds. The highest BCUT2D eigenvalue weighted by atomic mass is 32.2. The van der Waals surface area contributed by atoms with Crippen LogP contribution in [0.4, 0.5) is 0 Å². The number of carboxylic acids is 1. The molecule has 0 bridgehead atoms. The molecule has 1 aliphatic carbocycles. The summed E-state index contributed by atoms with van der Waals surface area (Å²) < 4.78 is 0.101. The van der Waals surface area contributed by atoms with Gasteiger partial charge in [-0.25, -0.2) is 0 Å². The maximum atomic E-state index is 10.7. The van der Waals surface area contributed by atoms with E-state index in [9.17, 15) is 4.79 Å². The topological polar surface area (TPSA) is 63.3 Å². The molecule has 0 radical (unpaired) electrons. The van der Waals surface area contributed by atoms with Gasteiger partial charge in [0, 0.05) is 10.5 Å². The highest BCUT2D eigenvalue weighted by molar-refractivity contribution is 8.00. The van der Waals surface area contributed by atoms with Gasteiger partial charge in [0.1, 0.15) is 6.04 Å². The van der Waals surface area contributed by atoms with Crippen molar-refractivity contribution in [2.75, 3.05) is 5.75 Å². The molecule has 1 aliphatic rings. The highest BCUT2D eigenvalue weighted by Gasteiger charge is 2.31. The number of thioether (sulfide) groups is 1. The van der Waals surface area contributed by atoms with Crippen LogP contribution in [0.1, 0.15) is 40.0 Å². The number of nitrogens with two attached hydrogens (primary N) is 1. The summed E-state index contributed by atoms with van der Waals surface area (Å²) in [5.74, 6) is 0.200. The zero-order valence-corrected chi connectivity index (χ0v) is 11.7. The number of rotatable bonds is 5. The molecule has 17 heavy (non-hydrogen) atoms. The van der Waals surface area contributed by atoms with Gasteiger partial charge in [-0.05, 0) is 32.1 Å². The molecule has 0 saturated carbocycles. The summed E-state index contributed by atoms with van der Waals surface area (Å²) >= 11 is 1.69. The second-order valence-corrected chi connectivity index (χ2v) is 7.06. The molecule has 1 unspecified atom stereocenters. The first-order valence-electron chi connectivity index (χ1n) is 6.11. The molecule has 0 saturated heterocycles. The summed E-state index contributed by atoms with van der Waals surface area (Å²) in [5.41, 5.74) is 7.02. The van der Waals surface area contributed by atoms with Gasteiger partial charge in [-0.2, -0.15) is 11.8 Å². The van der Waals surface area contributed by atoms with Crippen LogP contribution in [-0.4, -0.2) is 27.6 Å². The fourth-order valence-corrected chi connectivity index (χ4v) is 3.29. The Balaban J connectivity index is 2.48. The molecule has 0 fully saturated rings. The van der Waals surface area contributed by atoms with Crippen LogP contribution in [0.25, 0.3) is 0 Å². The second-order valence-electron chi connectivity index (χ2n) is 5.38. The Morgan fingerprint density at radius 3 is 2.82 bits per heavy atom. The molecule has 3 nitrogen and oxygen atoms in total.